The highest BCUT2D eigenvalue weighted by Gasteiger charge is 2.33. The molecular formula is C29H28F5N5O2S. The highest BCUT2D eigenvalue weighted by Crippen LogP contribution is 2.41. The monoisotopic (exact) mass is 605 g/mol. The largest absolute Gasteiger partial charge is 0.573 e. The summed E-state index contributed by atoms with van der Waals surface area (Å²) in [6.45, 7) is 2.14. The zero-order chi connectivity index (χ0) is 30.8. The number of H-pyrrole nitrogens is 1. The van der Waals surface area contributed by atoms with Gasteiger partial charge in [-0.15, -0.1) is 24.9 Å². The standard InChI is InChI=1S/C29H28F5N5O2S/c1-16-26(37-38-27(16)28(2,30)31)22-11-8-18(19-4-5-20(15-40)25(13-19)42-3)12-23(22)39(36)24(14-35)17-6-9-21(10-7-17)41-29(32,33)34/h4-14,40H,15,35-36H2,1-3H3,(H,37,38)/b24-14-. The molecule has 3 aromatic carbocycles. The van der Waals surface area contributed by atoms with Crippen molar-refractivity contribution < 1.29 is 31.8 Å². The summed E-state index contributed by atoms with van der Waals surface area (Å²) in [6.07, 6.45) is -1.78. The number of hydrogen-bond acceptors (Lipinski definition) is 7. The summed E-state index contributed by atoms with van der Waals surface area (Å²) >= 11 is 1.47. The molecule has 0 fully saturated rings. The second-order valence-corrected chi connectivity index (χ2v) is 10.2. The molecule has 222 valence electrons. The van der Waals surface area contributed by atoms with Gasteiger partial charge in [0.2, 0.25) is 0 Å². The van der Waals surface area contributed by atoms with Crippen molar-refractivity contribution in [1.82, 2.24) is 10.2 Å². The van der Waals surface area contributed by atoms with Gasteiger partial charge in [0.1, 0.15) is 11.4 Å². The van der Waals surface area contributed by atoms with Gasteiger partial charge < -0.3 is 15.6 Å². The van der Waals surface area contributed by atoms with E-state index in [0.717, 1.165) is 35.1 Å². The fourth-order valence-electron chi connectivity index (χ4n) is 4.54. The van der Waals surface area contributed by atoms with Crippen molar-refractivity contribution >= 4 is 23.1 Å². The smallest absolute Gasteiger partial charge is 0.406 e. The average Bonchev–Trinajstić information content (AvgIpc) is 3.34. The Morgan fingerprint density at radius 3 is 2.24 bits per heavy atom. The van der Waals surface area contributed by atoms with Gasteiger partial charge in [0.25, 0.3) is 5.92 Å². The van der Waals surface area contributed by atoms with Crippen LogP contribution in [0.1, 0.15) is 29.3 Å². The Balaban J connectivity index is 1.85. The highest BCUT2D eigenvalue weighted by atomic mass is 32.2. The Kier molecular flexibility index (Phi) is 8.85. The number of alkyl halides is 5. The van der Waals surface area contributed by atoms with Crippen LogP contribution >= 0.6 is 11.8 Å². The van der Waals surface area contributed by atoms with Crippen LogP contribution in [0.3, 0.4) is 0 Å². The Labute approximate surface area is 242 Å². The normalized spacial score (nSPS) is 12.5. The molecule has 0 atom stereocenters. The molecule has 0 amide bonds. The maximum atomic E-state index is 14.2. The van der Waals surface area contributed by atoms with Gasteiger partial charge in [0.05, 0.1) is 23.7 Å². The van der Waals surface area contributed by atoms with Gasteiger partial charge in [-0.25, -0.2) is 5.84 Å². The van der Waals surface area contributed by atoms with Gasteiger partial charge in [-0.3, -0.25) is 10.1 Å². The van der Waals surface area contributed by atoms with Gasteiger partial charge >= 0.3 is 6.36 Å². The van der Waals surface area contributed by atoms with Crippen molar-refractivity contribution in [2.24, 2.45) is 11.6 Å². The number of nitrogens with two attached hydrogens (primary N) is 2. The van der Waals surface area contributed by atoms with Crippen LogP contribution in [0.5, 0.6) is 5.75 Å². The van der Waals surface area contributed by atoms with E-state index in [9.17, 15) is 27.1 Å². The zero-order valence-electron chi connectivity index (χ0n) is 22.8. The fourth-order valence-corrected chi connectivity index (χ4v) is 5.18. The molecule has 0 radical (unpaired) electrons. The molecule has 0 unspecified atom stereocenters. The summed E-state index contributed by atoms with van der Waals surface area (Å²) in [7, 11) is 0. The minimum Gasteiger partial charge on any atom is -0.406 e. The number of hydrazine groups is 1. The summed E-state index contributed by atoms with van der Waals surface area (Å²) in [5.41, 5.74) is 9.66. The van der Waals surface area contributed by atoms with Crippen LogP contribution in [0.2, 0.25) is 0 Å². The number of halogens is 5. The van der Waals surface area contributed by atoms with Gasteiger partial charge in [0.15, 0.2) is 0 Å². The SMILES string of the molecule is CSc1cc(-c2ccc(-c3[nH]nc(C(C)(F)F)c3C)c(N(N)/C(=C\N)c3ccc(OC(F)(F)F)cc3)c2)ccc1CO. The second-order valence-electron chi connectivity index (χ2n) is 9.37. The lowest BCUT2D eigenvalue weighted by atomic mass is 9.97. The molecule has 4 rings (SSSR count). The summed E-state index contributed by atoms with van der Waals surface area (Å²) in [6, 6.07) is 15.8. The number of anilines is 1. The molecule has 6 N–H and O–H groups in total. The number of aromatic nitrogens is 2. The zero-order valence-corrected chi connectivity index (χ0v) is 23.6. The third kappa shape index (κ3) is 6.53. The van der Waals surface area contributed by atoms with E-state index in [1.54, 1.807) is 24.3 Å². The highest BCUT2D eigenvalue weighted by molar-refractivity contribution is 7.98. The first-order chi connectivity index (χ1) is 19.8. The van der Waals surface area contributed by atoms with Crippen LogP contribution in [0.15, 0.2) is 71.8 Å². The molecule has 0 aliphatic rings. The lowest BCUT2D eigenvalue weighted by Gasteiger charge is -2.25. The topological polar surface area (TPSA) is 113 Å². The molecule has 0 spiro atoms. The molecule has 0 saturated carbocycles. The minimum atomic E-state index is -4.86. The molecule has 7 nitrogen and oxygen atoms in total. The maximum absolute atomic E-state index is 14.2. The van der Waals surface area contributed by atoms with Crippen molar-refractivity contribution in [2.75, 3.05) is 11.3 Å². The predicted molar refractivity (Wildman–Crippen MR) is 153 cm³/mol. The molecule has 42 heavy (non-hydrogen) atoms. The number of nitrogens with zero attached hydrogens (tertiary/aromatic N) is 2. The number of aliphatic hydroxyl groups is 1. The molecule has 0 aliphatic carbocycles. The summed E-state index contributed by atoms with van der Waals surface area (Å²) < 4.78 is 70.3. The van der Waals surface area contributed by atoms with E-state index < -0.39 is 23.7 Å². The number of ether oxygens (including phenoxy) is 1. The van der Waals surface area contributed by atoms with E-state index in [2.05, 4.69) is 14.9 Å². The first kappa shape index (κ1) is 30.9. The molecule has 4 aromatic rings. The second kappa shape index (κ2) is 12.0. The Morgan fingerprint density at radius 2 is 1.69 bits per heavy atom. The van der Waals surface area contributed by atoms with E-state index in [0.29, 0.717) is 28.1 Å². The van der Waals surface area contributed by atoms with Crippen LogP contribution in [0.4, 0.5) is 27.6 Å². The molecule has 0 saturated heterocycles. The molecule has 1 heterocycles. The van der Waals surface area contributed by atoms with Crippen molar-refractivity contribution in [2.45, 2.75) is 37.6 Å². The summed E-state index contributed by atoms with van der Waals surface area (Å²) in [4.78, 5) is 0.869. The Hall–Kier alpha value is -4.07. The first-order valence-electron chi connectivity index (χ1n) is 12.5. The van der Waals surface area contributed by atoms with Crippen LogP contribution in [0, 0.1) is 6.92 Å². The Morgan fingerprint density at radius 1 is 1.05 bits per heavy atom. The van der Waals surface area contributed by atoms with Crippen LogP contribution in [0.25, 0.3) is 28.1 Å². The van der Waals surface area contributed by atoms with Crippen LogP contribution < -0.4 is 21.3 Å². The minimum absolute atomic E-state index is 0.127. The number of thioether (sulfide) groups is 1. The van der Waals surface area contributed by atoms with Gasteiger partial charge in [-0.1, -0.05) is 24.3 Å². The summed E-state index contributed by atoms with van der Waals surface area (Å²) in [5.74, 6) is 2.98. The van der Waals surface area contributed by atoms with E-state index in [1.165, 1.54) is 42.0 Å². The third-order valence-electron chi connectivity index (χ3n) is 6.54. The van der Waals surface area contributed by atoms with Crippen molar-refractivity contribution in [3.63, 3.8) is 0 Å². The molecule has 0 bridgehead atoms. The molecule has 0 aliphatic heterocycles. The van der Waals surface area contributed by atoms with Crippen molar-refractivity contribution in [1.29, 1.82) is 0 Å². The predicted octanol–water partition coefficient (Wildman–Crippen LogP) is 6.91. The maximum Gasteiger partial charge on any atom is 0.573 e. The summed E-state index contributed by atoms with van der Waals surface area (Å²) in [5, 5.41) is 17.4. The van der Waals surface area contributed by atoms with Crippen molar-refractivity contribution in [3.05, 3.63) is 89.2 Å². The van der Waals surface area contributed by atoms with Gasteiger partial charge in [-0.2, -0.15) is 13.9 Å². The molecule has 1 aromatic heterocycles. The van der Waals surface area contributed by atoms with E-state index >= 15 is 0 Å². The number of hydrogen-bond donors (Lipinski definition) is 4. The van der Waals surface area contributed by atoms with E-state index in [1.807, 2.05) is 18.4 Å². The lowest BCUT2D eigenvalue weighted by Crippen LogP contribution is -2.30. The number of aromatic amines is 1. The number of nitrogens with one attached hydrogen (secondary N) is 1. The quantitative estimate of drug-likeness (QED) is 0.0710. The van der Waals surface area contributed by atoms with Crippen LogP contribution in [-0.4, -0.2) is 27.9 Å². The number of rotatable bonds is 9. The molecular weight excluding hydrogens is 577 g/mol. The molecule has 13 heteroatoms. The fraction of sp³-hybridized carbons (Fsp3) is 0.207. The first-order valence-corrected chi connectivity index (χ1v) is 13.7. The number of benzene rings is 3. The van der Waals surface area contributed by atoms with Crippen LogP contribution in [-0.2, 0) is 12.5 Å². The number of aliphatic hydroxyl groups excluding tert-OH is 1. The van der Waals surface area contributed by atoms with Crippen molar-refractivity contribution in [3.8, 4) is 28.1 Å². The average molecular weight is 606 g/mol. The third-order valence-corrected chi connectivity index (χ3v) is 7.36. The lowest BCUT2D eigenvalue weighted by molar-refractivity contribution is -0.274. The van der Waals surface area contributed by atoms with E-state index in [4.69, 9.17) is 11.6 Å². The Bertz CT molecular complexity index is 1600. The van der Waals surface area contributed by atoms with E-state index in [-0.39, 0.29) is 17.9 Å². The van der Waals surface area contributed by atoms with Gasteiger partial charge in [0, 0.05) is 34.7 Å². The van der Waals surface area contributed by atoms with Gasteiger partial charge in [-0.05, 0) is 66.3 Å².